The molecule has 3 aromatic carbocycles. The SMILES string of the molecule is CNC(=O)C(Cc1ccc(C#CCn2c3ccccc3c3ccccc32)cc1)NC(C)=O. The third kappa shape index (κ3) is 4.50. The minimum Gasteiger partial charge on any atom is -0.357 e. The van der Waals surface area contributed by atoms with Gasteiger partial charge in [-0.1, -0.05) is 60.4 Å². The van der Waals surface area contributed by atoms with E-state index in [1.807, 2.05) is 24.3 Å². The lowest BCUT2D eigenvalue weighted by atomic mass is 10.0. The van der Waals surface area contributed by atoms with Crippen LogP contribution < -0.4 is 10.6 Å². The number of para-hydroxylation sites is 2. The highest BCUT2D eigenvalue weighted by molar-refractivity contribution is 6.08. The summed E-state index contributed by atoms with van der Waals surface area (Å²) in [6, 6.07) is 24.0. The van der Waals surface area contributed by atoms with Crippen LogP contribution in [0, 0.1) is 11.8 Å². The summed E-state index contributed by atoms with van der Waals surface area (Å²) >= 11 is 0. The smallest absolute Gasteiger partial charge is 0.242 e. The van der Waals surface area contributed by atoms with Crippen molar-refractivity contribution in [3.63, 3.8) is 0 Å². The van der Waals surface area contributed by atoms with E-state index in [1.54, 1.807) is 7.05 Å². The van der Waals surface area contributed by atoms with E-state index in [0.717, 1.165) is 11.1 Å². The van der Waals surface area contributed by atoms with Crippen LogP contribution in [0.25, 0.3) is 21.8 Å². The van der Waals surface area contributed by atoms with Crippen LogP contribution in [0.5, 0.6) is 0 Å². The van der Waals surface area contributed by atoms with Gasteiger partial charge in [-0.05, 0) is 29.8 Å². The number of likely N-dealkylation sites (N-methyl/N-ethyl adjacent to an activating group) is 1. The molecule has 1 unspecified atom stereocenters. The maximum absolute atomic E-state index is 12.0. The summed E-state index contributed by atoms with van der Waals surface area (Å²) in [6.45, 7) is 2.00. The minimum atomic E-state index is -0.593. The zero-order valence-corrected chi connectivity index (χ0v) is 18.2. The van der Waals surface area contributed by atoms with Crippen molar-refractivity contribution in [1.82, 2.24) is 15.2 Å². The number of nitrogens with one attached hydrogen (secondary N) is 2. The van der Waals surface area contributed by atoms with Gasteiger partial charge in [0.15, 0.2) is 0 Å². The highest BCUT2D eigenvalue weighted by Gasteiger charge is 2.18. The van der Waals surface area contributed by atoms with Crippen molar-refractivity contribution < 1.29 is 9.59 Å². The molecule has 2 amide bonds. The molecule has 160 valence electrons. The van der Waals surface area contributed by atoms with Gasteiger partial charge >= 0.3 is 0 Å². The summed E-state index contributed by atoms with van der Waals surface area (Å²) in [5.74, 6) is 6.09. The maximum Gasteiger partial charge on any atom is 0.242 e. The van der Waals surface area contributed by atoms with E-state index in [9.17, 15) is 9.59 Å². The maximum atomic E-state index is 12.0. The topological polar surface area (TPSA) is 63.1 Å². The van der Waals surface area contributed by atoms with E-state index in [1.165, 1.54) is 28.7 Å². The monoisotopic (exact) mass is 423 g/mol. The van der Waals surface area contributed by atoms with E-state index < -0.39 is 6.04 Å². The van der Waals surface area contributed by atoms with E-state index in [-0.39, 0.29) is 11.8 Å². The minimum absolute atomic E-state index is 0.213. The molecular weight excluding hydrogens is 398 g/mol. The van der Waals surface area contributed by atoms with Crippen molar-refractivity contribution in [3.8, 4) is 11.8 Å². The third-order valence-corrected chi connectivity index (χ3v) is 5.48. The molecule has 1 heterocycles. The first-order chi connectivity index (χ1) is 15.6. The zero-order chi connectivity index (χ0) is 22.5. The van der Waals surface area contributed by atoms with Crippen LogP contribution in [0.2, 0.25) is 0 Å². The molecule has 0 spiro atoms. The molecule has 0 radical (unpaired) electrons. The average molecular weight is 424 g/mol. The predicted molar refractivity (Wildman–Crippen MR) is 128 cm³/mol. The molecule has 4 rings (SSSR count). The fourth-order valence-corrected chi connectivity index (χ4v) is 3.98. The van der Waals surface area contributed by atoms with Crippen LogP contribution in [0.3, 0.4) is 0 Å². The Kier molecular flexibility index (Phi) is 6.23. The molecule has 32 heavy (non-hydrogen) atoms. The lowest BCUT2D eigenvalue weighted by Gasteiger charge is -2.16. The second-order valence-electron chi connectivity index (χ2n) is 7.69. The Morgan fingerprint density at radius 1 is 0.906 bits per heavy atom. The van der Waals surface area contributed by atoms with Gasteiger partial charge in [0, 0.05) is 47.8 Å². The summed E-state index contributed by atoms with van der Waals surface area (Å²) in [4.78, 5) is 23.4. The quantitative estimate of drug-likeness (QED) is 0.482. The Balaban J connectivity index is 1.51. The fourth-order valence-electron chi connectivity index (χ4n) is 3.98. The molecule has 0 fully saturated rings. The van der Waals surface area contributed by atoms with Crippen molar-refractivity contribution in [2.75, 3.05) is 7.05 Å². The van der Waals surface area contributed by atoms with Gasteiger partial charge in [0.2, 0.25) is 11.8 Å². The molecule has 5 nitrogen and oxygen atoms in total. The Bertz CT molecular complexity index is 1290. The summed E-state index contributed by atoms with van der Waals surface area (Å²) in [5, 5.41) is 7.75. The Labute approximate surface area is 187 Å². The average Bonchev–Trinajstić information content (AvgIpc) is 3.13. The first kappa shape index (κ1) is 21.2. The van der Waals surface area contributed by atoms with Gasteiger partial charge in [0.1, 0.15) is 6.04 Å². The van der Waals surface area contributed by atoms with Crippen LogP contribution >= 0.6 is 0 Å². The first-order valence-electron chi connectivity index (χ1n) is 10.6. The van der Waals surface area contributed by atoms with Crippen LogP contribution in [0.15, 0.2) is 72.8 Å². The molecular formula is C27H25N3O2. The summed E-state index contributed by atoms with van der Waals surface area (Å²) in [5.41, 5.74) is 4.22. The largest absolute Gasteiger partial charge is 0.357 e. The number of hydrogen-bond donors (Lipinski definition) is 2. The molecule has 0 aliphatic rings. The van der Waals surface area contributed by atoms with Crippen molar-refractivity contribution in [1.29, 1.82) is 0 Å². The summed E-state index contributed by atoms with van der Waals surface area (Å²) < 4.78 is 2.24. The molecule has 4 aromatic rings. The Morgan fingerprint density at radius 3 is 2.06 bits per heavy atom. The second kappa shape index (κ2) is 9.40. The number of amides is 2. The van der Waals surface area contributed by atoms with Crippen molar-refractivity contribution in [2.24, 2.45) is 0 Å². The van der Waals surface area contributed by atoms with Crippen molar-refractivity contribution in [3.05, 3.63) is 83.9 Å². The molecule has 0 saturated carbocycles. The summed E-state index contributed by atoms with van der Waals surface area (Å²) in [7, 11) is 1.56. The third-order valence-electron chi connectivity index (χ3n) is 5.48. The molecule has 5 heteroatoms. The van der Waals surface area contributed by atoms with E-state index in [0.29, 0.717) is 13.0 Å². The van der Waals surface area contributed by atoms with E-state index in [4.69, 9.17) is 0 Å². The number of carbonyl (C=O) groups is 2. The predicted octanol–water partition coefficient (Wildman–Crippen LogP) is 3.64. The zero-order valence-electron chi connectivity index (χ0n) is 18.2. The fraction of sp³-hybridized carbons (Fsp3) is 0.185. The number of carbonyl (C=O) groups excluding carboxylic acids is 2. The van der Waals surface area contributed by atoms with Crippen LogP contribution in [-0.4, -0.2) is 29.5 Å². The standard InChI is InChI=1S/C27H25N3O2/c1-19(31)29-24(27(32)28-2)18-21-15-13-20(14-16-21)8-7-17-30-25-11-5-3-9-22(25)23-10-4-6-12-26(23)30/h3-6,9-16,24H,17-18H2,1-2H3,(H,28,32)(H,29,31). The van der Waals surface area contributed by atoms with Crippen molar-refractivity contribution >= 4 is 33.6 Å². The summed E-state index contributed by atoms with van der Waals surface area (Å²) in [6.07, 6.45) is 0.425. The highest BCUT2D eigenvalue weighted by Crippen LogP contribution is 2.28. The number of aromatic nitrogens is 1. The second-order valence-corrected chi connectivity index (χ2v) is 7.69. The lowest BCUT2D eigenvalue weighted by Crippen LogP contribution is -2.46. The Morgan fingerprint density at radius 2 is 1.50 bits per heavy atom. The van der Waals surface area contributed by atoms with Gasteiger partial charge in [0.05, 0.1) is 6.54 Å². The van der Waals surface area contributed by atoms with Crippen LogP contribution in [0.4, 0.5) is 0 Å². The molecule has 1 atom stereocenters. The number of rotatable bonds is 5. The molecule has 0 bridgehead atoms. The van der Waals surface area contributed by atoms with E-state index >= 15 is 0 Å². The molecule has 0 aliphatic carbocycles. The molecule has 1 aromatic heterocycles. The molecule has 2 N–H and O–H groups in total. The first-order valence-corrected chi connectivity index (χ1v) is 10.6. The molecule has 0 saturated heterocycles. The normalized spacial score (nSPS) is 11.6. The number of nitrogens with zero attached hydrogens (tertiary/aromatic N) is 1. The van der Waals surface area contributed by atoms with Crippen LogP contribution in [-0.2, 0) is 22.6 Å². The number of benzene rings is 3. The van der Waals surface area contributed by atoms with Crippen molar-refractivity contribution in [2.45, 2.75) is 25.9 Å². The van der Waals surface area contributed by atoms with Gasteiger partial charge < -0.3 is 15.2 Å². The van der Waals surface area contributed by atoms with E-state index in [2.05, 4.69) is 75.6 Å². The van der Waals surface area contributed by atoms with Gasteiger partial charge in [-0.2, -0.15) is 0 Å². The van der Waals surface area contributed by atoms with Gasteiger partial charge in [-0.25, -0.2) is 0 Å². The number of hydrogen-bond acceptors (Lipinski definition) is 2. The van der Waals surface area contributed by atoms with Gasteiger partial charge in [-0.15, -0.1) is 0 Å². The molecule has 0 aliphatic heterocycles. The number of fused-ring (bicyclic) bond motifs is 3. The highest BCUT2D eigenvalue weighted by atomic mass is 16.2. The Hall–Kier alpha value is -4.04. The lowest BCUT2D eigenvalue weighted by molar-refractivity contribution is -0.127. The van der Waals surface area contributed by atoms with Gasteiger partial charge in [-0.3, -0.25) is 9.59 Å². The van der Waals surface area contributed by atoms with Crippen LogP contribution in [0.1, 0.15) is 18.1 Å². The van der Waals surface area contributed by atoms with Gasteiger partial charge in [0.25, 0.3) is 0 Å².